The fourth-order valence-electron chi connectivity index (χ4n) is 2.92. The fraction of sp³-hybridized carbons (Fsp3) is 0.333. The highest BCUT2D eigenvalue weighted by Gasteiger charge is 2.23. The number of likely N-dealkylation sites (N-methyl/N-ethyl adjacent to an activating group) is 1. The number of hydrogen-bond donors (Lipinski definition) is 0. The number of hydrogen-bond acceptors (Lipinski definition) is 6. The molecule has 0 bridgehead atoms. The number of aryl methyl sites for hydroxylation is 1. The van der Waals surface area contributed by atoms with Gasteiger partial charge in [0.2, 0.25) is 0 Å². The maximum atomic E-state index is 13.3. The van der Waals surface area contributed by atoms with E-state index >= 15 is 0 Å². The van der Waals surface area contributed by atoms with E-state index in [1.807, 2.05) is 38.1 Å². The molecule has 0 saturated carbocycles. The molecule has 3 rings (SSSR count). The summed E-state index contributed by atoms with van der Waals surface area (Å²) >= 11 is 7.66. The van der Waals surface area contributed by atoms with Gasteiger partial charge in [-0.15, -0.1) is 12.4 Å². The van der Waals surface area contributed by atoms with Crippen LogP contribution >= 0.6 is 35.3 Å². The lowest BCUT2D eigenvalue weighted by molar-refractivity contribution is 0.0985. The van der Waals surface area contributed by atoms with E-state index in [4.69, 9.17) is 16.6 Å². The summed E-state index contributed by atoms with van der Waals surface area (Å²) in [6.45, 7) is 4.61. The van der Waals surface area contributed by atoms with Gasteiger partial charge in [-0.05, 0) is 63.0 Å². The van der Waals surface area contributed by atoms with Crippen LogP contribution in [-0.2, 0) is 9.84 Å². The summed E-state index contributed by atoms with van der Waals surface area (Å²) < 4.78 is 25.1. The first-order valence-electron chi connectivity index (χ1n) is 9.49. The first kappa shape index (κ1) is 25.5. The molecule has 0 radical (unpaired) electrons. The Bertz CT molecular complexity index is 1180. The lowest BCUT2D eigenvalue weighted by Crippen LogP contribution is -2.36. The normalized spacial score (nSPS) is 11.5. The summed E-state index contributed by atoms with van der Waals surface area (Å²) in [6, 6.07) is 9.83. The molecular weight excluding hydrogens is 477 g/mol. The topological polar surface area (TPSA) is 70.6 Å². The summed E-state index contributed by atoms with van der Waals surface area (Å²) in [6.07, 6.45) is 0. The molecule has 0 N–H and O–H groups in total. The highest BCUT2D eigenvalue weighted by molar-refractivity contribution is 7.91. The van der Waals surface area contributed by atoms with Crippen LogP contribution in [0.15, 0.2) is 41.3 Å². The van der Waals surface area contributed by atoms with Crippen LogP contribution in [0.3, 0.4) is 0 Å². The number of amides is 1. The highest BCUT2D eigenvalue weighted by Crippen LogP contribution is 2.34. The van der Waals surface area contributed by atoms with Crippen molar-refractivity contribution >= 4 is 66.4 Å². The smallest absolute Gasteiger partial charge is 0.260 e. The largest absolute Gasteiger partial charge is 0.308 e. The second-order valence-electron chi connectivity index (χ2n) is 7.20. The van der Waals surface area contributed by atoms with E-state index in [0.717, 1.165) is 15.8 Å². The molecule has 1 amide bonds. The number of rotatable bonds is 7. The number of fused-ring (bicyclic) bond motifs is 1. The molecule has 0 aliphatic rings. The number of carbonyl (C=O) groups is 1. The second kappa shape index (κ2) is 10.3. The van der Waals surface area contributed by atoms with E-state index in [0.29, 0.717) is 28.8 Å². The molecule has 0 aliphatic heterocycles. The van der Waals surface area contributed by atoms with Gasteiger partial charge in [-0.1, -0.05) is 29.9 Å². The molecule has 0 saturated heterocycles. The Morgan fingerprint density at radius 1 is 1.10 bits per heavy atom. The van der Waals surface area contributed by atoms with E-state index in [2.05, 4.69) is 0 Å². The number of thiazole rings is 1. The third-order valence-electron chi connectivity index (χ3n) is 4.82. The Hall–Kier alpha value is -1.71. The third kappa shape index (κ3) is 5.56. The van der Waals surface area contributed by atoms with Gasteiger partial charge in [-0.2, -0.15) is 0 Å². The summed E-state index contributed by atoms with van der Waals surface area (Å²) in [5, 5.41) is 1.23. The van der Waals surface area contributed by atoms with Crippen LogP contribution in [-0.4, -0.2) is 57.1 Å². The summed E-state index contributed by atoms with van der Waals surface area (Å²) in [5.74, 6) is -0.205. The Balaban J connectivity index is 0.00000341. The van der Waals surface area contributed by atoms with Crippen LogP contribution in [0.1, 0.15) is 22.8 Å². The molecule has 0 unspecified atom stereocenters. The minimum absolute atomic E-state index is 0. The summed E-state index contributed by atoms with van der Waals surface area (Å²) in [4.78, 5) is 21.9. The van der Waals surface area contributed by atoms with Gasteiger partial charge in [0, 0.05) is 23.7 Å². The minimum Gasteiger partial charge on any atom is -0.308 e. The van der Waals surface area contributed by atoms with E-state index < -0.39 is 9.84 Å². The fourth-order valence-corrected chi connectivity index (χ4v) is 5.00. The third-order valence-corrected chi connectivity index (χ3v) is 8.03. The number of halogens is 2. The average molecular weight is 502 g/mol. The first-order chi connectivity index (χ1) is 14.1. The van der Waals surface area contributed by atoms with Crippen LogP contribution in [0, 0.1) is 6.92 Å². The zero-order chi connectivity index (χ0) is 22.1. The molecule has 10 heteroatoms. The predicted octanol–water partition coefficient (Wildman–Crippen LogP) is 4.68. The van der Waals surface area contributed by atoms with E-state index in [1.165, 1.54) is 23.5 Å². The van der Waals surface area contributed by atoms with Crippen molar-refractivity contribution in [2.24, 2.45) is 0 Å². The van der Waals surface area contributed by atoms with E-state index in [-0.39, 0.29) is 29.0 Å². The van der Waals surface area contributed by atoms with Crippen molar-refractivity contribution in [1.29, 1.82) is 0 Å². The Labute approximate surface area is 198 Å². The van der Waals surface area contributed by atoms with Crippen LogP contribution in [0.2, 0.25) is 5.02 Å². The van der Waals surface area contributed by atoms with Gasteiger partial charge in [-0.25, -0.2) is 13.4 Å². The molecule has 2 aromatic carbocycles. The van der Waals surface area contributed by atoms with Crippen molar-refractivity contribution in [3.8, 4) is 0 Å². The Kier molecular flexibility index (Phi) is 8.47. The lowest BCUT2D eigenvalue weighted by Gasteiger charge is -2.22. The second-order valence-corrected chi connectivity index (χ2v) is 10.9. The quantitative estimate of drug-likeness (QED) is 0.469. The van der Waals surface area contributed by atoms with Gasteiger partial charge >= 0.3 is 0 Å². The number of aromatic nitrogens is 1. The number of anilines is 1. The monoisotopic (exact) mass is 501 g/mol. The maximum Gasteiger partial charge on any atom is 0.260 e. The molecule has 1 heterocycles. The van der Waals surface area contributed by atoms with Gasteiger partial charge < -0.3 is 4.90 Å². The van der Waals surface area contributed by atoms with Crippen LogP contribution in [0.5, 0.6) is 0 Å². The number of sulfone groups is 1. The molecule has 1 aromatic heterocycles. The van der Waals surface area contributed by atoms with E-state index in [9.17, 15) is 13.2 Å². The SMILES string of the molecule is CCS(=O)(=O)c1ccc(C(=O)N(CCN(C)C)c2nc3c(C)c(Cl)ccc3s2)cc1.Cl. The van der Waals surface area contributed by atoms with Crippen molar-refractivity contribution < 1.29 is 13.2 Å². The Morgan fingerprint density at radius 2 is 1.74 bits per heavy atom. The molecule has 168 valence electrons. The highest BCUT2D eigenvalue weighted by atomic mass is 35.5. The summed E-state index contributed by atoms with van der Waals surface area (Å²) in [7, 11) is 0.565. The molecule has 0 atom stereocenters. The van der Waals surface area contributed by atoms with Crippen molar-refractivity contribution in [1.82, 2.24) is 9.88 Å². The lowest BCUT2D eigenvalue weighted by atomic mass is 10.2. The van der Waals surface area contributed by atoms with Crippen molar-refractivity contribution in [2.75, 3.05) is 37.8 Å². The molecule has 3 aromatic rings. The van der Waals surface area contributed by atoms with Gasteiger partial charge in [0.05, 0.1) is 20.9 Å². The number of nitrogens with zero attached hydrogens (tertiary/aromatic N) is 3. The Morgan fingerprint density at radius 3 is 2.32 bits per heavy atom. The molecule has 31 heavy (non-hydrogen) atoms. The predicted molar refractivity (Wildman–Crippen MR) is 131 cm³/mol. The molecule has 0 fully saturated rings. The van der Waals surface area contributed by atoms with Crippen LogP contribution < -0.4 is 4.90 Å². The molecule has 6 nitrogen and oxygen atoms in total. The molecule has 0 aliphatic carbocycles. The van der Waals surface area contributed by atoms with Crippen LogP contribution in [0.4, 0.5) is 5.13 Å². The standard InChI is InChI=1S/C21H24ClN3O3S2.ClH/c1-5-30(27,28)16-8-6-15(7-9-16)20(26)25(13-12-24(3)4)21-23-19-14(2)17(22)10-11-18(19)29-21;/h6-11H,5,12-13H2,1-4H3;1H. The first-order valence-corrected chi connectivity index (χ1v) is 12.3. The van der Waals surface area contributed by atoms with Gasteiger partial charge in [0.25, 0.3) is 5.91 Å². The van der Waals surface area contributed by atoms with Crippen molar-refractivity contribution in [2.45, 2.75) is 18.7 Å². The zero-order valence-corrected chi connectivity index (χ0v) is 21.0. The van der Waals surface area contributed by atoms with Crippen LogP contribution in [0.25, 0.3) is 10.2 Å². The molecular formula is C21H25Cl2N3O3S2. The van der Waals surface area contributed by atoms with E-state index in [1.54, 1.807) is 24.0 Å². The van der Waals surface area contributed by atoms with Crippen molar-refractivity contribution in [3.63, 3.8) is 0 Å². The number of benzene rings is 2. The summed E-state index contributed by atoms with van der Waals surface area (Å²) in [5.41, 5.74) is 2.08. The van der Waals surface area contributed by atoms with Crippen molar-refractivity contribution in [3.05, 3.63) is 52.5 Å². The molecule has 0 spiro atoms. The van der Waals surface area contributed by atoms with Gasteiger partial charge in [0.1, 0.15) is 0 Å². The number of carbonyl (C=O) groups excluding carboxylic acids is 1. The average Bonchev–Trinajstić information content (AvgIpc) is 3.15. The zero-order valence-electron chi connectivity index (χ0n) is 17.8. The van der Waals surface area contributed by atoms with Gasteiger partial charge in [0.15, 0.2) is 15.0 Å². The van der Waals surface area contributed by atoms with Gasteiger partial charge in [-0.3, -0.25) is 9.69 Å². The minimum atomic E-state index is -3.32. The maximum absolute atomic E-state index is 13.3.